The molecule has 1 N–H and O–H groups in total. The summed E-state index contributed by atoms with van der Waals surface area (Å²) in [6.07, 6.45) is 7.38. The summed E-state index contributed by atoms with van der Waals surface area (Å²) in [6.45, 7) is 5.01. The molecule has 3 atom stereocenters. The lowest BCUT2D eigenvalue weighted by Crippen LogP contribution is -2.34. The molecule has 0 aromatic heterocycles. The summed E-state index contributed by atoms with van der Waals surface area (Å²) in [4.78, 5) is 0. The minimum absolute atomic E-state index is 1.01. The fourth-order valence-corrected chi connectivity index (χ4v) is 3.12. The van der Waals surface area contributed by atoms with E-state index in [1.807, 2.05) is 0 Å². The van der Waals surface area contributed by atoms with E-state index in [1.54, 1.807) is 0 Å². The second-order valence-corrected chi connectivity index (χ2v) is 4.68. The predicted octanol–water partition coefficient (Wildman–Crippen LogP) is 2.42. The van der Waals surface area contributed by atoms with E-state index < -0.39 is 0 Å². The first-order chi connectivity index (χ1) is 5.88. The van der Waals surface area contributed by atoms with Gasteiger partial charge in [-0.1, -0.05) is 19.8 Å². The molecule has 12 heavy (non-hydrogen) atoms. The Morgan fingerprint density at radius 3 is 2.58 bits per heavy atom. The first-order valence-electron chi connectivity index (χ1n) is 5.58. The van der Waals surface area contributed by atoms with E-state index >= 15 is 0 Å². The third-order valence-corrected chi connectivity index (χ3v) is 3.87. The second-order valence-electron chi connectivity index (χ2n) is 4.68. The van der Waals surface area contributed by atoms with Gasteiger partial charge < -0.3 is 5.32 Å². The quantitative estimate of drug-likeness (QED) is 0.632. The van der Waals surface area contributed by atoms with Crippen molar-refractivity contribution in [3.63, 3.8) is 0 Å². The molecule has 1 aliphatic heterocycles. The molecule has 1 aliphatic carbocycles. The van der Waals surface area contributed by atoms with Crippen molar-refractivity contribution in [2.24, 2.45) is 17.8 Å². The molecule has 2 rings (SSSR count). The van der Waals surface area contributed by atoms with Crippen LogP contribution in [0.1, 0.15) is 39.0 Å². The zero-order valence-electron chi connectivity index (χ0n) is 8.18. The highest BCUT2D eigenvalue weighted by atomic mass is 14.9. The standard InChI is InChI=1S/C11H21N/c1-9-4-2-6-11(9)10-5-3-7-12-8-10/h9-12H,2-8H2,1H3. The van der Waals surface area contributed by atoms with Gasteiger partial charge in [0.25, 0.3) is 0 Å². The number of hydrogen-bond acceptors (Lipinski definition) is 1. The normalized spacial score (nSPS) is 43.2. The molecule has 0 spiro atoms. The van der Waals surface area contributed by atoms with Gasteiger partial charge in [0.1, 0.15) is 0 Å². The molecule has 3 unspecified atom stereocenters. The second kappa shape index (κ2) is 3.78. The van der Waals surface area contributed by atoms with Gasteiger partial charge >= 0.3 is 0 Å². The summed E-state index contributed by atoms with van der Waals surface area (Å²) >= 11 is 0. The Hall–Kier alpha value is -0.0400. The van der Waals surface area contributed by atoms with Gasteiger partial charge in [-0.05, 0) is 50.1 Å². The van der Waals surface area contributed by atoms with Crippen LogP contribution < -0.4 is 5.32 Å². The summed E-state index contributed by atoms with van der Waals surface area (Å²) in [5.74, 6) is 3.07. The zero-order valence-corrected chi connectivity index (χ0v) is 8.18. The molecule has 0 bridgehead atoms. The highest BCUT2D eigenvalue weighted by molar-refractivity contribution is 4.83. The molecule has 0 amide bonds. The van der Waals surface area contributed by atoms with Gasteiger partial charge in [-0.2, -0.15) is 0 Å². The van der Waals surface area contributed by atoms with E-state index in [4.69, 9.17) is 0 Å². The molecule has 0 radical (unpaired) electrons. The first kappa shape index (κ1) is 8.55. The van der Waals surface area contributed by atoms with Crippen LogP contribution in [0.5, 0.6) is 0 Å². The van der Waals surface area contributed by atoms with Crippen molar-refractivity contribution in [1.29, 1.82) is 0 Å². The van der Waals surface area contributed by atoms with Gasteiger partial charge in [-0.3, -0.25) is 0 Å². The SMILES string of the molecule is CC1CCCC1C1CCCNC1. The first-order valence-corrected chi connectivity index (χ1v) is 5.58. The summed E-state index contributed by atoms with van der Waals surface area (Å²) in [5, 5.41) is 3.53. The lowest BCUT2D eigenvalue weighted by atomic mass is 9.81. The molecule has 1 heterocycles. The van der Waals surface area contributed by atoms with Gasteiger partial charge in [-0.15, -0.1) is 0 Å². The average Bonchev–Trinajstić information content (AvgIpc) is 2.53. The molecular weight excluding hydrogens is 146 g/mol. The Morgan fingerprint density at radius 2 is 2.00 bits per heavy atom. The van der Waals surface area contributed by atoms with Crippen LogP contribution in [0.15, 0.2) is 0 Å². The van der Waals surface area contributed by atoms with Crippen LogP contribution in [-0.2, 0) is 0 Å². The minimum Gasteiger partial charge on any atom is -0.316 e. The third kappa shape index (κ3) is 1.66. The average molecular weight is 167 g/mol. The van der Waals surface area contributed by atoms with Crippen molar-refractivity contribution < 1.29 is 0 Å². The molecule has 1 nitrogen and oxygen atoms in total. The van der Waals surface area contributed by atoms with Crippen LogP contribution in [-0.4, -0.2) is 13.1 Å². The monoisotopic (exact) mass is 167 g/mol. The van der Waals surface area contributed by atoms with Crippen molar-refractivity contribution in [3.8, 4) is 0 Å². The van der Waals surface area contributed by atoms with Gasteiger partial charge in [0.15, 0.2) is 0 Å². The molecule has 1 saturated carbocycles. The van der Waals surface area contributed by atoms with Gasteiger partial charge in [0.05, 0.1) is 0 Å². The molecule has 2 aliphatic rings. The maximum absolute atomic E-state index is 3.53. The molecule has 0 aromatic rings. The largest absolute Gasteiger partial charge is 0.316 e. The number of hydrogen-bond donors (Lipinski definition) is 1. The Morgan fingerprint density at radius 1 is 1.08 bits per heavy atom. The molecule has 70 valence electrons. The fourth-order valence-electron chi connectivity index (χ4n) is 3.12. The Balaban J connectivity index is 1.89. The van der Waals surface area contributed by atoms with Crippen molar-refractivity contribution in [3.05, 3.63) is 0 Å². The Labute approximate surface area is 75.9 Å². The van der Waals surface area contributed by atoms with Crippen LogP contribution in [0.2, 0.25) is 0 Å². The van der Waals surface area contributed by atoms with Crippen LogP contribution in [0, 0.1) is 17.8 Å². The van der Waals surface area contributed by atoms with E-state index in [0.29, 0.717) is 0 Å². The fraction of sp³-hybridized carbons (Fsp3) is 1.00. The third-order valence-electron chi connectivity index (χ3n) is 3.87. The van der Waals surface area contributed by atoms with Gasteiger partial charge in [-0.25, -0.2) is 0 Å². The summed E-state index contributed by atoms with van der Waals surface area (Å²) in [5.41, 5.74) is 0. The molecule has 1 heteroatoms. The van der Waals surface area contributed by atoms with E-state index in [-0.39, 0.29) is 0 Å². The van der Waals surface area contributed by atoms with Crippen LogP contribution >= 0.6 is 0 Å². The summed E-state index contributed by atoms with van der Waals surface area (Å²) in [7, 11) is 0. The van der Waals surface area contributed by atoms with E-state index in [0.717, 1.165) is 17.8 Å². The van der Waals surface area contributed by atoms with Crippen molar-refractivity contribution in [1.82, 2.24) is 5.32 Å². The van der Waals surface area contributed by atoms with Gasteiger partial charge in [0, 0.05) is 0 Å². The van der Waals surface area contributed by atoms with Gasteiger partial charge in [0.2, 0.25) is 0 Å². The van der Waals surface area contributed by atoms with Crippen molar-refractivity contribution in [2.45, 2.75) is 39.0 Å². The lowest BCUT2D eigenvalue weighted by molar-refractivity contribution is 0.225. The van der Waals surface area contributed by atoms with E-state index in [9.17, 15) is 0 Å². The Bertz CT molecular complexity index is 138. The maximum Gasteiger partial charge on any atom is -0.00178 e. The maximum atomic E-state index is 3.53. The smallest absolute Gasteiger partial charge is 0.00178 e. The zero-order chi connectivity index (χ0) is 8.39. The number of rotatable bonds is 1. The van der Waals surface area contributed by atoms with Crippen molar-refractivity contribution >= 4 is 0 Å². The topological polar surface area (TPSA) is 12.0 Å². The van der Waals surface area contributed by atoms with E-state index in [1.165, 1.54) is 45.2 Å². The van der Waals surface area contributed by atoms with E-state index in [2.05, 4.69) is 12.2 Å². The number of nitrogens with one attached hydrogen (secondary N) is 1. The molecule has 1 saturated heterocycles. The Kier molecular flexibility index (Phi) is 2.69. The predicted molar refractivity (Wildman–Crippen MR) is 52.1 cm³/mol. The van der Waals surface area contributed by atoms with Crippen molar-refractivity contribution in [2.75, 3.05) is 13.1 Å². The molecular formula is C11H21N. The minimum atomic E-state index is 1.01. The number of piperidine rings is 1. The lowest BCUT2D eigenvalue weighted by Gasteiger charge is -2.30. The summed E-state index contributed by atoms with van der Waals surface area (Å²) in [6, 6.07) is 0. The molecule has 0 aromatic carbocycles. The van der Waals surface area contributed by atoms with Crippen LogP contribution in [0.25, 0.3) is 0 Å². The van der Waals surface area contributed by atoms with Crippen LogP contribution in [0.4, 0.5) is 0 Å². The highest BCUT2D eigenvalue weighted by Crippen LogP contribution is 2.38. The summed E-state index contributed by atoms with van der Waals surface area (Å²) < 4.78 is 0. The molecule has 2 fully saturated rings. The van der Waals surface area contributed by atoms with Crippen LogP contribution in [0.3, 0.4) is 0 Å². The highest BCUT2D eigenvalue weighted by Gasteiger charge is 2.31.